The van der Waals surface area contributed by atoms with Crippen LogP contribution in [0.1, 0.15) is 52.0 Å². The van der Waals surface area contributed by atoms with Gasteiger partial charge < -0.3 is 4.90 Å². The predicted octanol–water partition coefficient (Wildman–Crippen LogP) is 5.60. The third-order valence-corrected chi connectivity index (χ3v) is 7.30. The number of amides is 2. The first-order valence-corrected chi connectivity index (χ1v) is 11.8. The first-order chi connectivity index (χ1) is 13.4. The molecule has 0 saturated carbocycles. The molecule has 1 aromatic rings. The van der Waals surface area contributed by atoms with Crippen LogP contribution < -0.4 is 4.90 Å². The molecule has 4 nitrogen and oxygen atoms in total. The molecule has 0 radical (unpaired) electrons. The van der Waals surface area contributed by atoms with Crippen LogP contribution in [0, 0.1) is 5.92 Å². The topological polar surface area (TPSA) is 40.6 Å². The van der Waals surface area contributed by atoms with Gasteiger partial charge in [0.1, 0.15) is 4.32 Å². The Balaban J connectivity index is 1.97. The van der Waals surface area contributed by atoms with Crippen LogP contribution in [0.3, 0.4) is 0 Å². The van der Waals surface area contributed by atoms with Crippen molar-refractivity contribution >= 4 is 67.3 Å². The van der Waals surface area contributed by atoms with Crippen LogP contribution in [0.2, 0.25) is 0 Å². The van der Waals surface area contributed by atoms with Crippen LogP contribution >= 0.6 is 39.9 Å². The van der Waals surface area contributed by atoms with Gasteiger partial charge >= 0.3 is 0 Å². The number of thiocarbonyl (C=S) groups is 1. The summed E-state index contributed by atoms with van der Waals surface area (Å²) in [6.45, 7) is 7.47. The average Bonchev–Trinajstić information content (AvgIpc) is 3.10. The third kappa shape index (κ3) is 3.94. The van der Waals surface area contributed by atoms with Crippen LogP contribution in [-0.4, -0.2) is 34.1 Å². The van der Waals surface area contributed by atoms with Crippen LogP contribution in [-0.2, 0) is 9.59 Å². The number of benzene rings is 1. The fourth-order valence-electron chi connectivity index (χ4n) is 3.72. The molecule has 1 atom stereocenters. The largest absolute Gasteiger partial charge is 0.308 e. The summed E-state index contributed by atoms with van der Waals surface area (Å²) in [5.74, 6) is 0.186. The lowest BCUT2D eigenvalue weighted by Crippen LogP contribution is -2.33. The number of nitrogens with zero attached hydrogens (tertiary/aromatic N) is 2. The van der Waals surface area contributed by atoms with E-state index < -0.39 is 0 Å². The maximum atomic E-state index is 13.2. The van der Waals surface area contributed by atoms with Crippen molar-refractivity contribution < 1.29 is 9.59 Å². The van der Waals surface area contributed by atoms with Crippen molar-refractivity contribution in [3.8, 4) is 0 Å². The third-order valence-electron chi connectivity index (χ3n) is 5.35. The smallest absolute Gasteiger partial charge is 0.267 e. The number of thioether (sulfide) groups is 1. The molecular formula is C21H25BrN2O2S2. The molecule has 28 heavy (non-hydrogen) atoms. The van der Waals surface area contributed by atoms with Crippen molar-refractivity contribution in [2.45, 2.75) is 46.5 Å². The molecular weight excluding hydrogens is 456 g/mol. The SMILES string of the molecule is CCCCC(CC)CN1C(=O)/C(=C2\C(=O)N(CC)c3ccc(Br)cc32)SC1=S. The van der Waals surface area contributed by atoms with Crippen LogP contribution in [0.4, 0.5) is 5.69 Å². The fourth-order valence-corrected chi connectivity index (χ4v) is 5.43. The van der Waals surface area contributed by atoms with Gasteiger partial charge in [0.25, 0.3) is 11.8 Å². The summed E-state index contributed by atoms with van der Waals surface area (Å²) in [5.41, 5.74) is 2.14. The average molecular weight is 481 g/mol. The van der Waals surface area contributed by atoms with E-state index in [0.29, 0.717) is 33.8 Å². The fraction of sp³-hybridized carbons (Fsp3) is 0.476. The molecule has 1 fully saturated rings. The Morgan fingerprint density at radius 3 is 2.54 bits per heavy atom. The number of fused-ring (bicyclic) bond motifs is 1. The maximum absolute atomic E-state index is 13.2. The Labute approximate surface area is 184 Å². The molecule has 0 N–H and O–H groups in total. The number of halogens is 1. The summed E-state index contributed by atoms with van der Waals surface area (Å²) in [6, 6.07) is 5.76. The zero-order chi connectivity index (χ0) is 20.4. The summed E-state index contributed by atoms with van der Waals surface area (Å²) in [5, 5.41) is 0. The zero-order valence-electron chi connectivity index (χ0n) is 16.5. The number of hydrogen-bond acceptors (Lipinski definition) is 4. The molecule has 0 aromatic heterocycles. The molecule has 2 heterocycles. The van der Waals surface area contributed by atoms with Gasteiger partial charge in [0.15, 0.2) is 0 Å². The van der Waals surface area contributed by atoms with Crippen molar-refractivity contribution in [3.63, 3.8) is 0 Å². The Morgan fingerprint density at radius 2 is 1.89 bits per heavy atom. The molecule has 0 bridgehead atoms. The van der Waals surface area contributed by atoms with E-state index in [2.05, 4.69) is 29.8 Å². The van der Waals surface area contributed by atoms with E-state index in [0.717, 1.165) is 41.4 Å². The number of anilines is 1. The molecule has 0 spiro atoms. The highest BCUT2D eigenvalue weighted by molar-refractivity contribution is 9.10. The first kappa shape index (κ1) is 21.5. The molecule has 7 heteroatoms. The van der Waals surface area contributed by atoms with Gasteiger partial charge in [-0.25, -0.2) is 0 Å². The Bertz CT molecular complexity index is 853. The van der Waals surface area contributed by atoms with Gasteiger partial charge in [-0.2, -0.15) is 0 Å². The summed E-state index contributed by atoms with van der Waals surface area (Å²) >= 11 is 10.3. The summed E-state index contributed by atoms with van der Waals surface area (Å²) < 4.78 is 1.44. The summed E-state index contributed by atoms with van der Waals surface area (Å²) in [7, 11) is 0. The molecule has 150 valence electrons. The standard InChI is InChI=1S/C21H25BrN2O2S2/c1-4-7-8-13(5-2)12-24-20(26)18(28-21(24)27)17-15-11-14(22)9-10-16(15)23(6-3)19(17)25/h9-11,13H,4-8,12H2,1-3H3/b18-17+. The Morgan fingerprint density at radius 1 is 1.14 bits per heavy atom. The number of hydrogen-bond donors (Lipinski definition) is 0. The van der Waals surface area contributed by atoms with Crippen molar-refractivity contribution in [2.75, 3.05) is 18.0 Å². The van der Waals surface area contributed by atoms with E-state index in [9.17, 15) is 9.59 Å². The lowest BCUT2D eigenvalue weighted by Gasteiger charge is -2.21. The van der Waals surface area contributed by atoms with Gasteiger partial charge in [-0.15, -0.1) is 0 Å². The lowest BCUT2D eigenvalue weighted by atomic mass is 9.98. The zero-order valence-corrected chi connectivity index (χ0v) is 19.7. The van der Waals surface area contributed by atoms with Gasteiger partial charge in [-0.1, -0.05) is 73.0 Å². The second kappa shape index (κ2) is 9.09. The highest BCUT2D eigenvalue weighted by Crippen LogP contribution is 2.45. The Hall–Kier alpha value is -1.18. The molecule has 3 rings (SSSR count). The second-order valence-electron chi connectivity index (χ2n) is 7.12. The second-order valence-corrected chi connectivity index (χ2v) is 9.68. The van der Waals surface area contributed by atoms with Crippen molar-refractivity contribution in [3.05, 3.63) is 33.1 Å². The van der Waals surface area contributed by atoms with Gasteiger partial charge in [0.05, 0.1) is 16.2 Å². The van der Waals surface area contributed by atoms with E-state index >= 15 is 0 Å². The van der Waals surface area contributed by atoms with Crippen LogP contribution in [0.5, 0.6) is 0 Å². The maximum Gasteiger partial charge on any atom is 0.267 e. The number of carbonyl (C=O) groups is 2. The minimum atomic E-state index is -0.128. The van der Waals surface area contributed by atoms with E-state index in [-0.39, 0.29) is 11.8 Å². The first-order valence-electron chi connectivity index (χ1n) is 9.82. The monoisotopic (exact) mass is 480 g/mol. The van der Waals surface area contributed by atoms with Crippen molar-refractivity contribution in [1.82, 2.24) is 4.90 Å². The quantitative estimate of drug-likeness (QED) is 0.375. The molecule has 1 aromatic carbocycles. The molecule has 2 amide bonds. The van der Waals surface area contributed by atoms with Gasteiger partial charge in [0.2, 0.25) is 0 Å². The van der Waals surface area contributed by atoms with E-state index in [1.807, 2.05) is 25.1 Å². The molecule has 2 aliphatic rings. The van der Waals surface area contributed by atoms with Crippen LogP contribution in [0.15, 0.2) is 27.6 Å². The van der Waals surface area contributed by atoms with Gasteiger partial charge in [-0.3, -0.25) is 14.5 Å². The minimum absolute atomic E-state index is 0.117. The van der Waals surface area contributed by atoms with E-state index in [4.69, 9.17) is 12.2 Å². The minimum Gasteiger partial charge on any atom is -0.308 e. The number of likely N-dealkylation sites (N-methyl/N-ethyl adjacent to an activating group) is 1. The highest BCUT2D eigenvalue weighted by atomic mass is 79.9. The van der Waals surface area contributed by atoms with E-state index in [1.165, 1.54) is 11.8 Å². The van der Waals surface area contributed by atoms with Crippen molar-refractivity contribution in [2.24, 2.45) is 5.92 Å². The number of rotatable bonds is 7. The Kier molecular flexibility index (Phi) is 6.99. The predicted molar refractivity (Wildman–Crippen MR) is 124 cm³/mol. The summed E-state index contributed by atoms with van der Waals surface area (Å²) in [6.07, 6.45) is 4.40. The van der Waals surface area contributed by atoms with Gasteiger partial charge in [-0.05, 0) is 37.5 Å². The number of carbonyl (C=O) groups excluding carboxylic acids is 2. The molecule has 0 aliphatic carbocycles. The van der Waals surface area contributed by atoms with Gasteiger partial charge in [0, 0.05) is 23.1 Å². The highest BCUT2D eigenvalue weighted by Gasteiger charge is 2.42. The van der Waals surface area contributed by atoms with Crippen molar-refractivity contribution in [1.29, 1.82) is 0 Å². The molecule has 1 saturated heterocycles. The number of unbranched alkanes of at least 4 members (excludes halogenated alkanes) is 1. The molecule has 1 unspecified atom stereocenters. The normalized spacial score (nSPS) is 20.4. The molecule has 2 aliphatic heterocycles. The summed E-state index contributed by atoms with van der Waals surface area (Å²) in [4.78, 5) is 30.2. The van der Waals surface area contributed by atoms with Crippen LogP contribution in [0.25, 0.3) is 5.57 Å². The lowest BCUT2D eigenvalue weighted by molar-refractivity contribution is -0.123. The van der Waals surface area contributed by atoms with E-state index in [1.54, 1.807) is 9.80 Å².